The first kappa shape index (κ1) is 15.3. The Morgan fingerprint density at radius 2 is 1.91 bits per heavy atom. The van der Waals surface area contributed by atoms with Crippen LogP contribution >= 0.6 is 0 Å². The molecule has 0 spiro atoms. The van der Waals surface area contributed by atoms with Crippen molar-refractivity contribution in [2.45, 2.75) is 0 Å². The highest BCUT2D eigenvalue weighted by Crippen LogP contribution is 2.32. The molecule has 0 radical (unpaired) electrons. The molecule has 0 unspecified atom stereocenters. The molecule has 0 atom stereocenters. The number of pyridine rings is 1. The molecule has 4 rings (SSSR count). The minimum atomic E-state index is -3.26. The lowest BCUT2D eigenvalue weighted by molar-refractivity contribution is -0.116. The summed E-state index contributed by atoms with van der Waals surface area (Å²) in [7, 11) is -3.26. The Labute approximate surface area is 134 Å². The van der Waals surface area contributed by atoms with Crippen molar-refractivity contribution < 1.29 is 13.2 Å². The lowest BCUT2D eigenvalue weighted by Crippen LogP contribution is -2.45. The summed E-state index contributed by atoms with van der Waals surface area (Å²) >= 11 is 0. The summed E-state index contributed by atoms with van der Waals surface area (Å²) < 4.78 is 22.6. The van der Waals surface area contributed by atoms with Crippen LogP contribution in [-0.2, 0) is 14.6 Å². The van der Waals surface area contributed by atoms with Crippen molar-refractivity contribution in [3.05, 3.63) is 48.2 Å². The minimum absolute atomic E-state index is 0.0562. The van der Waals surface area contributed by atoms with E-state index in [0.29, 0.717) is 11.4 Å². The maximum Gasteiger partial charge on any atom is 0.243 e. The summed E-state index contributed by atoms with van der Waals surface area (Å²) in [4.78, 5) is 17.1. The number of hydrogen-bond donors (Lipinski definition) is 0. The van der Waals surface area contributed by atoms with Crippen molar-refractivity contribution in [2.75, 3.05) is 23.0 Å². The van der Waals surface area contributed by atoms with Crippen molar-refractivity contribution in [1.82, 2.24) is 4.98 Å². The second kappa shape index (κ2) is 5.86. The number of sulfone groups is 1. The molecule has 6 heteroatoms. The van der Waals surface area contributed by atoms with E-state index in [1.807, 2.05) is 0 Å². The van der Waals surface area contributed by atoms with Crippen LogP contribution in [0.4, 0.5) is 5.82 Å². The summed E-state index contributed by atoms with van der Waals surface area (Å²) in [5.41, 5.74) is 3.34. The van der Waals surface area contributed by atoms with E-state index in [-0.39, 0.29) is 12.3 Å². The van der Waals surface area contributed by atoms with Gasteiger partial charge in [-0.1, -0.05) is 24.1 Å². The van der Waals surface area contributed by atoms with Crippen LogP contribution in [0.2, 0.25) is 0 Å². The first-order chi connectivity index (χ1) is 11.0. The number of carbonyl (C=O) groups excluding carboxylic acids is 1. The zero-order valence-electron chi connectivity index (χ0n) is 12.3. The van der Waals surface area contributed by atoms with Gasteiger partial charge in [0.2, 0.25) is 5.91 Å². The normalized spacial score (nSPS) is 16.8. The van der Waals surface area contributed by atoms with Crippen LogP contribution in [0.25, 0.3) is 11.1 Å². The van der Waals surface area contributed by atoms with Gasteiger partial charge in [0.15, 0.2) is 15.7 Å². The second-order valence-corrected chi connectivity index (χ2v) is 7.42. The van der Waals surface area contributed by atoms with E-state index in [1.165, 1.54) is 22.2 Å². The molecule has 2 heterocycles. The first-order valence-corrected chi connectivity index (χ1v) is 8.85. The van der Waals surface area contributed by atoms with E-state index >= 15 is 0 Å². The lowest BCUT2D eigenvalue weighted by atomic mass is 10.2. The molecule has 23 heavy (non-hydrogen) atoms. The Morgan fingerprint density at radius 1 is 1.17 bits per heavy atom. The highest BCUT2D eigenvalue weighted by molar-refractivity contribution is 7.92. The Bertz CT molecular complexity index is 896. The highest BCUT2D eigenvalue weighted by Gasteiger charge is 2.31. The van der Waals surface area contributed by atoms with Crippen LogP contribution in [-0.4, -0.2) is 37.4 Å². The van der Waals surface area contributed by atoms with E-state index in [0.717, 1.165) is 0 Å². The fourth-order valence-corrected chi connectivity index (χ4v) is 3.45. The lowest BCUT2D eigenvalue weighted by Gasteiger charge is -2.26. The van der Waals surface area contributed by atoms with Crippen LogP contribution in [0.3, 0.4) is 0 Å². The van der Waals surface area contributed by atoms with Crippen LogP contribution in [0.15, 0.2) is 42.6 Å². The summed E-state index contributed by atoms with van der Waals surface area (Å²) in [5, 5.41) is 0. The molecule has 1 amide bonds. The van der Waals surface area contributed by atoms with Gasteiger partial charge in [-0.3, -0.25) is 9.69 Å². The molecule has 116 valence electrons. The van der Waals surface area contributed by atoms with E-state index in [1.54, 1.807) is 12.1 Å². The molecule has 2 aliphatic carbocycles. The van der Waals surface area contributed by atoms with Gasteiger partial charge < -0.3 is 0 Å². The number of rotatable bonds is 1. The van der Waals surface area contributed by atoms with Gasteiger partial charge in [-0.25, -0.2) is 13.4 Å². The van der Waals surface area contributed by atoms with Crippen molar-refractivity contribution in [3.8, 4) is 23.5 Å². The molecule has 0 saturated carbocycles. The van der Waals surface area contributed by atoms with Gasteiger partial charge in [-0.15, -0.1) is 6.42 Å². The van der Waals surface area contributed by atoms with Crippen molar-refractivity contribution >= 4 is 21.6 Å². The number of fused-ring (bicyclic) bond motifs is 1. The Kier molecular flexibility index (Phi) is 3.89. The average Bonchev–Trinajstić information content (AvgIpc) is 3.13. The van der Waals surface area contributed by atoms with Gasteiger partial charge in [0.05, 0.1) is 11.3 Å². The predicted molar refractivity (Wildman–Crippen MR) is 88.6 cm³/mol. The number of amides is 1. The van der Waals surface area contributed by atoms with Crippen LogP contribution in [0.1, 0.15) is 5.56 Å². The molecule has 1 aliphatic heterocycles. The van der Waals surface area contributed by atoms with Crippen molar-refractivity contribution in [1.29, 1.82) is 0 Å². The number of aromatic nitrogens is 1. The largest absolute Gasteiger partial charge is 0.294 e. The van der Waals surface area contributed by atoms with Gasteiger partial charge in [0.1, 0.15) is 5.75 Å². The number of carbonyl (C=O) groups is 1. The summed E-state index contributed by atoms with van der Waals surface area (Å²) in [6, 6.07) is 11.8. The quantitative estimate of drug-likeness (QED) is 0.636. The standard InChI is InChI=1S/C11H10N2O3S.C6H4/c1-2-9-4-3-5-12-11(9)13-6-7-17(15,16)8-10(13)14;1-2-5-4-6(5)3-1/h1,3-5H,6-8H2;1-4H. The maximum absolute atomic E-state index is 11.7. The number of benzene rings is 1. The topological polar surface area (TPSA) is 67.3 Å². The molecule has 5 nitrogen and oxygen atoms in total. The van der Waals surface area contributed by atoms with Gasteiger partial charge in [-0.05, 0) is 29.3 Å². The first-order valence-electron chi connectivity index (χ1n) is 7.03. The SMILES string of the molecule is C#Cc1cccnc1N1CCS(=O)(=O)CC1=O.c1cc2cc-2c1. The molecule has 3 aliphatic rings. The fraction of sp³-hybridized carbons (Fsp3) is 0.176. The molecule has 1 saturated heterocycles. The van der Waals surface area contributed by atoms with Crippen molar-refractivity contribution in [3.63, 3.8) is 0 Å². The third-order valence-corrected chi connectivity index (χ3v) is 5.07. The average molecular weight is 326 g/mol. The Hall–Kier alpha value is -2.65. The van der Waals surface area contributed by atoms with Crippen LogP contribution in [0, 0.1) is 12.3 Å². The van der Waals surface area contributed by atoms with E-state index in [4.69, 9.17) is 6.42 Å². The molecular weight excluding hydrogens is 312 g/mol. The van der Waals surface area contributed by atoms with E-state index in [2.05, 4.69) is 35.2 Å². The molecular formula is C17H14N2O3S. The highest BCUT2D eigenvalue weighted by atomic mass is 32.2. The zero-order valence-corrected chi connectivity index (χ0v) is 13.1. The molecule has 0 N–H and O–H groups in total. The van der Waals surface area contributed by atoms with Gasteiger partial charge in [-0.2, -0.15) is 0 Å². The summed E-state index contributed by atoms with van der Waals surface area (Å²) in [6.45, 7) is 0.104. The predicted octanol–water partition coefficient (Wildman–Crippen LogP) is 1.49. The van der Waals surface area contributed by atoms with E-state index < -0.39 is 21.5 Å². The molecule has 1 fully saturated rings. The summed E-state index contributed by atoms with van der Waals surface area (Å²) in [6.07, 6.45) is 6.83. The number of nitrogens with zero attached hydrogens (tertiary/aromatic N) is 2. The van der Waals surface area contributed by atoms with Gasteiger partial charge >= 0.3 is 0 Å². The monoisotopic (exact) mass is 326 g/mol. The molecule has 1 aromatic rings. The van der Waals surface area contributed by atoms with Crippen molar-refractivity contribution in [2.24, 2.45) is 0 Å². The Balaban J connectivity index is 0.000000213. The molecule has 0 aromatic carbocycles. The second-order valence-electron chi connectivity index (χ2n) is 5.24. The number of anilines is 1. The van der Waals surface area contributed by atoms with Crippen LogP contribution < -0.4 is 4.90 Å². The minimum Gasteiger partial charge on any atom is -0.294 e. The third kappa shape index (κ3) is 3.41. The fourth-order valence-electron chi connectivity index (χ4n) is 2.32. The van der Waals surface area contributed by atoms with Crippen LogP contribution in [0.5, 0.6) is 0 Å². The molecule has 1 aromatic heterocycles. The Morgan fingerprint density at radius 3 is 2.43 bits per heavy atom. The molecule has 0 bridgehead atoms. The third-order valence-electron chi connectivity index (χ3n) is 3.58. The maximum atomic E-state index is 11.7. The van der Waals surface area contributed by atoms with Gasteiger partial charge in [0.25, 0.3) is 0 Å². The van der Waals surface area contributed by atoms with Gasteiger partial charge in [0, 0.05) is 12.7 Å². The number of terminal acetylenes is 1. The number of hydrogen-bond acceptors (Lipinski definition) is 4. The summed E-state index contributed by atoms with van der Waals surface area (Å²) in [5.74, 6) is 1.77. The van der Waals surface area contributed by atoms with E-state index in [9.17, 15) is 13.2 Å². The zero-order chi connectivity index (χ0) is 16.4. The smallest absolute Gasteiger partial charge is 0.243 e.